The van der Waals surface area contributed by atoms with E-state index in [1.807, 2.05) is 6.07 Å². The van der Waals surface area contributed by atoms with E-state index in [1.165, 1.54) is 29.8 Å². The summed E-state index contributed by atoms with van der Waals surface area (Å²) >= 11 is 19.5. The van der Waals surface area contributed by atoms with Gasteiger partial charge in [0.1, 0.15) is 16.7 Å². The zero-order valence-corrected chi connectivity index (χ0v) is 13.1. The van der Waals surface area contributed by atoms with Gasteiger partial charge >= 0.3 is 0 Å². The van der Waals surface area contributed by atoms with Crippen LogP contribution in [0.2, 0.25) is 15.2 Å². The van der Waals surface area contributed by atoms with Crippen molar-refractivity contribution in [1.29, 1.82) is 5.26 Å². The molecule has 0 aliphatic carbocycles. The molecule has 2 aromatic heterocycles. The number of benzene rings is 1. The second-order valence-corrected chi connectivity index (χ2v) is 6.04. The Morgan fingerprint density at radius 3 is 2.48 bits per heavy atom. The molecule has 0 radical (unpaired) electrons. The van der Waals surface area contributed by atoms with Crippen LogP contribution in [0, 0.1) is 11.3 Å². The third kappa shape index (κ3) is 2.74. The minimum atomic E-state index is 0.279. The lowest BCUT2D eigenvalue weighted by molar-refractivity contribution is 1.22. The molecular weight excluding hydrogens is 353 g/mol. The van der Waals surface area contributed by atoms with Gasteiger partial charge in [-0.1, -0.05) is 46.1 Å². The van der Waals surface area contributed by atoms with Crippen LogP contribution in [0.4, 0.5) is 10.8 Å². The van der Waals surface area contributed by atoms with Crippen molar-refractivity contribution in [2.24, 2.45) is 0 Å². The van der Waals surface area contributed by atoms with Gasteiger partial charge in [0, 0.05) is 0 Å². The highest BCUT2D eigenvalue weighted by molar-refractivity contribution is 7.21. The second-order valence-electron chi connectivity index (χ2n) is 3.89. The van der Waals surface area contributed by atoms with Crippen LogP contribution in [0.1, 0.15) is 5.56 Å². The lowest BCUT2D eigenvalue weighted by Crippen LogP contribution is -1.92. The van der Waals surface area contributed by atoms with Crippen molar-refractivity contribution >= 4 is 67.3 Å². The third-order valence-electron chi connectivity index (χ3n) is 2.55. The Kier molecular flexibility index (Phi) is 3.83. The largest absolute Gasteiger partial charge is 0.329 e. The van der Waals surface area contributed by atoms with Gasteiger partial charge in [-0.25, -0.2) is 15.0 Å². The average Bonchev–Trinajstić information content (AvgIpc) is 2.87. The lowest BCUT2D eigenvalue weighted by atomic mass is 10.2. The van der Waals surface area contributed by atoms with Crippen molar-refractivity contribution in [3.63, 3.8) is 0 Å². The lowest BCUT2D eigenvalue weighted by Gasteiger charge is -2.07. The predicted molar refractivity (Wildman–Crippen MR) is 84.7 cm³/mol. The summed E-state index contributed by atoms with van der Waals surface area (Å²) in [4.78, 5) is 12.9. The quantitative estimate of drug-likeness (QED) is 0.676. The number of nitrogens with zero attached hydrogens (tertiary/aromatic N) is 4. The fraction of sp³-hybridized carbons (Fsp3) is 0. The van der Waals surface area contributed by atoms with Crippen molar-refractivity contribution < 1.29 is 0 Å². The highest BCUT2D eigenvalue weighted by Crippen LogP contribution is 2.36. The Balaban J connectivity index is 2.03. The molecule has 0 amide bonds. The molecule has 0 fully saturated rings. The van der Waals surface area contributed by atoms with E-state index in [-0.39, 0.29) is 5.15 Å². The first-order valence-electron chi connectivity index (χ1n) is 5.51. The first-order chi connectivity index (χ1) is 10.1. The number of anilines is 2. The van der Waals surface area contributed by atoms with Crippen LogP contribution in [-0.2, 0) is 0 Å². The highest BCUT2D eigenvalue weighted by Gasteiger charge is 2.13. The monoisotopic (exact) mass is 355 g/mol. The van der Waals surface area contributed by atoms with Gasteiger partial charge in [-0.15, -0.1) is 0 Å². The summed E-state index contributed by atoms with van der Waals surface area (Å²) in [5.41, 5.74) is 1.36. The number of aromatic nitrogens is 3. The maximum Gasteiger partial charge on any atom is 0.189 e. The SMILES string of the molecule is N#Cc1cc(Cl)c(Nc2nc3c(Cl)ncnc3s2)c(Cl)c1. The molecule has 0 bridgehead atoms. The van der Waals surface area contributed by atoms with E-state index in [1.54, 1.807) is 0 Å². The van der Waals surface area contributed by atoms with Crippen LogP contribution in [0.5, 0.6) is 0 Å². The van der Waals surface area contributed by atoms with Crippen LogP contribution >= 0.6 is 46.1 Å². The summed E-state index contributed by atoms with van der Waals surface area (Å²) in [5, 5.41) is 13.3. The van der Waals surface area contributed by atoms with Gasteiger partial charge < -0.3 is 5.32 Å². The molecule has 104 valence electrons. The normalized spacial score (nSPS) is 10.6. The summed E-state index contributed by atoms with van der Waals surface area (Å²) in [6.45, 7) is 0. The summed E-state index contributed by atoms with van der Waals surface area (Å²) in [7, 11) is 0. The fourth-order valence-electron chi connectivity index (χ4n) is 1.64. The number of nitriles is 1. The standard InChI is InChI=1S/C12H4Cl3N5S/c13-6-1-5(3-16)2-7(14)8(6)19-12-20-9-10(15)17-4-18-11(9)21-12/h1-2,4H,(H,19,20). The van der Waals surface area contributed by atoms with Gasteiger partial charge in [-0.2, -0.15) is 5.26 Å². The molecule has 1 aromatic carbocycles. The Hall–Kier alpha value is -1.65. The Labute approximate surface area is 138 Å². The number of nitrogens with one attached hydrogen (secondary N) is 1. The zero-order valence-electron chi connectivity index (χ0n) is 10.1. The molecule has 0 atom stereocenters. The van der Waals surface area contributed by atoms with E-state index in [9.17, 15) is 0 Å². The fourth-order valence-corrected chi connectivity index (χ4v) is 3.27. The van der Waals surface area contributed by atoms with E-state index in [0.29, 0.717) is 36.8 Å². The Morgan fingerprint density at radius 2 is 1.86 bits per heavy atom. The van der Waals surface area contributed by atoms with E-state index in [2.05, 4.69) is 20.3 Å². The molecule has 0 aliphatic heterocycles. The minimum absolute atomic E-state index is 0.279. The summed E-state index contributed by atoms with van der Waals surface area (Å²) in [6.07, 6.45) is 1.37. The van der Waals surface area contributed by atoms with E-state index in [4.69, 9.17) is 40.1 Å². The molecule has 0 unspecified atom stereocenters. The molecule has 3 rings (SSSR count). The third-order valence-corrected chi connectivity index (χ3v) is 4.31. The highest BCUT2D eigenvalue weighted by atomic mass is 35.5. The zero-order chi connectivity index (χ0) is 15.0. The van der Waals surface area contributed by atoms with Gasteiger partial charge in [0.25, 0.3) is 0 Å². The van der Waals surface area contributed by atoms with Crippen molar-refractivity contribution in [3.05, 3.63) is 39.2 Å². The second kappa shape index (κ2) is 5.62. The summed E-state index contributed by atoms with van der Waals surface area (Å²) in [6, 6.07) is 5.03. The van der Waals surface area contributed by atoms with Crippen LogP contribution in [-0.4, -0.2) is 15.0 Å². The van der Waals surface area contributed by atoms with Gasteiger partial charge in [0.2, 0.25) is 0 Å². The van der Waals surface area contributed by atoms with Crippen LogP contribution in [0.15, 0.2) is 18.5 Å². The van der Waals surface area contributed by atoms with Gasteiger partial charge in [0.05, 0.1) is 27.4 Å². The van der Waals surface area contributed by atoms with Gasteiger partial charge in [0.15, 0.2) is 10.3 Å². The van der Waals surface area contributed by atoms with E-state index in [0.717, 1.165) is 0 Å². The minimum Gasteiger partial charge on any atom is -0.329 e. The van der Waals surface area contributed by atoms with Crippen LogP contribution < -0.4 is 5.32 Å². The first kappa shape index (κ1) is 14.3. The first-order valence-corrected chi connectivity index (χ1v) is 7.46. The van der Waals surface area contributed by atoms with E-state index >= 15 is 0 Å². The maximum atomic E-state index is 8.87. The number of hydrogen-bond acceptors (Lipinski definition) is 6. The average molecular weight is 357 g/mol. The molecule has 1 N–H and O–H groups in total. The smallest absolute Gasteiger partial charge is 0.189 e. The number of fused-ring (bicyclic) bond motifs is 1. The van der Waals surface area contributed by atoms with Gasteiger partial charge in [-0.05, 0) is 12.1 Å². The van der Waals surface area contributed by atoms with Crippen molar-refractivity contribution in [2.45, 2.75) is 0 Å². The molecule has 9 heteroatoms. The van der Waals surface area contributed by atoms with Gasteiger partial charge in [-0.3, -0.25) is 0 Å². The van der Waals surface area contributed by atoms with Crippen molar-refractivity contribution in [2.75, 3.05) is 5.32 Å². The molecule has 5 nitrogen and oxygen atoms in total. The molecule has 0 aliphatic rings. The number of halogens is 3. The molecule has 0 spiro atoms. The summed E-state index contributed by atoms with van der Waals surface area (Å²) < 4.78 is 0. The molecule has 3 aromatic rings. The maximum absolute atomic E-state index is 8.87. The topological polar surface area (TPSA) is 74.5 Å². The number of hydrogen-bond donors (Lipinski definition) is 1. The van der Waals surface area contributed by atoms with Crippen molar-refractivity contribution in [3.8, 4) is 6.07 Å². The molecule has 2 heterocycles. The Morgan fingerprint density at radius 1 is 1.14 bits per heavy atom. The number of thiazole rings is 1. The van der Waals surface area contributed by atoms with Crippen LogP contribution in [0.3, 0.4) is 0 Å². The van der Waals surface area contributed by atoms with Crippen LogP contribution in [0.25, 0.3) is 10.3 Å². The van der Waals surface area contributed by atoms with Crippen molar-refractivity contribution in [1.82, 2.24) is 15.0 Å². The molecular formula is C12H4Cl3N5S. The molecule has 21 heavy (non-hydrogen) atoms. The number of rotatable bonds is 2. The predicted octanol–water partition coefficient (Wildman–Crippen LogP) is 4.66. The summed E-state index contributed by atoms with van der Waals surface area (Å²) in [5.74, 6) is 0. The Bertz CT molecular complexity index is 863. The molecule has 0 saturated carbocycles. The van der Waals surface area contributed by atoms with E-state index < -0.39 is 0 Å². The molecule has 0 saturated heterocycles.